The van der Waals surface area contributed by atoms with E-state index in [1.165, 1.54) is 14.0 Å². The van der Waals surface area contributed by atoms with Crippen LogP contribution < -0.4 is 14.8 Å². The van der Waals surface area contributed by atoms with Crippen LogP contribution in [0.5, 0.6) is 11.5 Å². The summed E-state index contributed by atoms with van der Waals surface area (Å²) in [5.41, 5.74) is 0.673. The van der Waals surface area contributed by atoms with Crippen molar-refractivity contribution in [3.05, 3.63) is 23.8 Å². The van der Waals surface area contributed by atoms with Gasteiger partial charge in [-0.3, -0.25) is 9.59 Å². The van der Waals surface area contributed by atoms with Gasteiger partial charge in [-0.2, -0.15) is 0 Å². The molecule has 6 heteroatoms. The lowest BCUT2D eigenvalue weighted by atomic mass is 10.1. The normalized spacial score (nSPS) is 11.4. The molecule has 0 aromatic heterocycles. The molecule has 0 heterocycles. The number of hydrogen-bond donors (Lipinski definition) is 1. The second-order valence-corrected chi connectivity index (χ2v) is 4.38. The third-order valence-electron chi connectivity index (χ3n) is 2.86. The summed E-state index contributed by atoms with van der Waals surface area (Å²) in [6.45, 7) is 3.83. The molecule has 0 aliphatic heterocycles. The van der Waals surface area contributed by atoms with E-state index in [1.807, 2.05) is 0 Å². The van der Waals surface area contributed by atoms with Crippen molar-refractivity contribution in [2.45, 2.75) is 26.4 Å². The number of ether oxygens (including phenoxy) is 3. The number of likely N-dealkylation sites (N-methyl/N-ethyl adjacent to an activating group) is 1. The summed E-state index contributed by atoms with van der Waals surface area (Å²) in [5, 5.41) is 2.59. The van der Waals surface area contributed by atoms with Crippen LogP contribution in [0.1, 0.15) is 19.4 Å². The lowest BCUT2D eigenvalue weighted by Crippen LogP contribution is -2.35. The van der Waals surface area contributed by atoms with Gasteiger partial charge in [-0.15, -0.1) is 0 Å². The van der Waals surface area contributed by atoms with Crippen LogP contribution >= 0.6 is 0 Å². The van der Waals surface area contributed by atoms with Gasteiger partial charge < -0.3 is 19.5 Å². The number of rotatable bonds is 7. The van der Waals surface area contributed by atoms with Crippen molar-refractivity contribution in [2.75, 3.05) is 20.8 Å². The van der Waals surface area contributed by atoms with E-state index < -0.39 is 12.1 Å². The zero-order chi connectivity index (χ0) is 15.8. The summed E-state index contributed by atoms with van der Waals surface area (Å²) in [7, 11) is 3.07. The van der Waals surface area contributed by atoms with Crippen LogP contribution in [0.3, 0.4) is 0 Å². The van der Waals surface area contributed by atoms with Crippen molar-refractivity contribution in [3.8, 4) is 11.5 Å². The van der Waals surface area contributed by atoms with E-state index in [-0.39, 0.29) is 12.3 Å². The lowest BCUT2D eigenvalue weighted by Gasteiger charge is -2.14. The van der Waals surface area contributed by atoms with Crippen LogP contribution in [0.4, 0.5) is 0 Å². The fourth-order valence-corrected chi connectivity index (χ4v) is 1.76. The molecule has 0 radical (unpaired) electrons. The number of carbonyl (C=O) groups is 2. The number of carbonyl (C=O) groups excluding carboxylic acids is 2. The average molecular weight is 295 g/mol. The van der Waals surface area contributed by atoms with Crippen LogP contribution in [-0.4, -0.2) is 38.7 Å². The molecule has 0 bridgehead atoms. The Hall–Kier alpha value is -2.24. The average Bonchev–Trinajstić information content (AvgIpc) is 2.47. The Morgan fingerprint density at radius 3 is 2.52 bits per heavy atom. The number of hydrogen-bond acceptors (Lipinski definition) is 5. The predicted molar refractivity (Wildman–Crippen MR) is 77.5 cm³/mol. The minimum absolute atomic E-state index is 0.0247. The van der Waals surface area contributed by atoms with Gasteiger partial charge in [0.15, 0.2) is 6.10 Å². The molecule has 116 valence electrons. The first-order valence-electron chi connectivity index (χ1n) is 6.69. The van der Waals surface area contributed by atoms with E-state index in [4.69, 9.17) is 14.2 Å². The molecule has 21 heavy (non-hydrogen) atoms. The molecule has 1 aromatic carbocycles. The third kappa shape index (κ3) is 4.98. The van der Waals surface area contributed by atoms with Gasteiger partial charge in [0.05, 0.1) is 20.6 Å². The Morgan fingerprint density at radius 2 is 1.95 bits per heavy atom. The molecule has 0 aliphatic carbocycles. The fourth-order valence-electron chi connectivity index (χ4n) is 1.76. The van der Waals surface area contributed by atoms with Gasteiger partial charge in [-0.05, 0) is 19.9 Å². The van der Waals surface area contributed by atoms with E-state index in [9.17, 15) is 9.59 Å². The summed E-state index contributed by atoms with van der Waals surface area (Å²) >= 11 is 0. The van der Waals surface area contributed by atoms with Gasteiger partial charge in [0.25, 0.3) is 5.91 Å². The summed E-state index contributed by atoms with van der Waals surface area (Å²) in [5.74, 6) is 0.376. The highest BCUT2D eigenvalue weighted by Gasteiger charge is 2.18. The zero-order valence-electron chi connectivity index (χ0n) is 12.8. The van der Waals surface area contributed by atoms with Gasteiger partial charge in [-0.1, -0.05) is 6.07 Å². The largest absolute Gasteiger partial charge is 0.497 e. The van der Waals surface area contributed by atoms with Gasteiger partial charge in [-0.25, -0.2) is 0 Å². The molecule has 1 N–H and O–H groups in total. The maximum atomic E-state index is 11.9. The van der Waals surface area contributed by atoms with Crippen molar-refractivity contribution in [3.63, 3.8) is 0 Å². The number of amides is 1. The topological polar surface area (TPSA) is 73.9 Å². The van der Waals surface area contributed by atoms with Crippen molar-refractivity contribution in [1.29, 1.82) is 0 Å². The Kier molecular flexibility index (Phi) is 6.52. The maximum Gasteiger partial charge on any atom is 0.311 e. The Labute approximate surface area is 124 Å². The molecule has 6 nitrogen and oxygen atoms in total. The molecule has 0 unspecified atom stereocenters. The third-order valence-corrected chi connectivity index (χ3v) is 2.86. The molecular formula is C15H21NO5. The van der Waals surface area contributed by atoms with Crippen molar-refractivity contribution in [2.24, 2.45) is 0 Å². The van der Waals surface area contributed by atoms with Crippen molar-refractivity contribution < 1.29 is 23.8 Å². The second-order valence-electron chi connectivity index (χ2n) is 4.38. The van der Waals surface area contributed by atoms with Crippen LogP contribution in [0.15, 0.2) is 18.2 Å². The van der Waals surface area contributed by atoms with E-state index >= 15 is 0 Å². The minimum atomic E-state index is -0.818. The van der Waals surface area contributed by atoms with Crippen LogP contribution in [0.2, 0.25) is 0 Å². The molecular weight excluding hydrogens is 274 g/mol. The summed E-state index contributed by atoms with van der Waals surface area (Å²) < 4.78 is 15.4. The van der Waals surface area contributed by atoms with Crippen molar-refractivity contribution >= 4 is 11.9 Å². The zero-order valence-corrected chi connectivity index (χ0v) is 12.8. The van der Waals surface area contributed by atoms with Crippen LogP contribution in [0.25, 0.3) is 0 Å². The molecule has 0 aliphatic rings. The number of esters is 1. The van der Waals surface area contributed by atoms with Gasteiger partial charge in [0.1, 0.15) is 11.5 Å². The highest BCUT2D eigenvalue weighted by molar-refractivity contribution is 5.84. The Morgan fingerprint density at radius 1 is 1.24 bits per heavy atom. The Bertz CT molecular complexity index is 501. The highest BCUT2D eigenvalue weighted by Crippen LogP contribution is 2.25. The first-order valence-corrected chi connectivity index (χ1v) is 6.69. The molecule has 0 saturated carbocycles. The molecule has 1 amide bonds. The summed E-state index contributed by atoms with van der Waals surface area (Å²) in [6.07, 6.45) is -0.793. The molecule has 1 rings (SSSR count). The van der Waals surface area contributed by atoms with Crippen LogP contribution in [-0.2, 0) is 20.7 Å². The first-order chi connectivity index (χ1) is 10.0. The fraction of sp³-hybridized carbons (Fsp3) is 0.467. The molecule has 1 aromatic rings. The molecule has 0 fully saturated rings. The molecule has 0 spiro atoms. The number of benzene rings is 1. The van der Waals surface area contributed by atoms with Gasteiger partial charge >= 0.3 is 5.97 Å². The highest BCUT2D eigenvalue weighted by atomic mass is 16.5. The quantitative estimate of drug-likeness (QED) is 0.768. The monoisotopic (exact) mass is 295 g/mol. The van der Waals surface area contributed by atoms with Crippen molar-refractivity contribution in [1.82, 2.24) is 5.32 Å². The van der Waals surface area contributed by atoms with Gasteiger partial charge in [0, 0.05) is 18.2 Å². The van der Waals surface area contributed by atoms with E-state index in [0.29, 0.717) is 23.6 Å². The molecule has 1 atom stereocenters. The standard InChI is InChI=1S/C15H21NO5/c1-5-16-15(18)10(2)21-14(17)8-11-6-7-12(19-3)9-13(11)20-4/h6-7,9-10H,5,8H2,1-4H3,(H,16,18)/t10-/m0/s1. The lowest BCUT2D eigenvalue weighted by molar-refractivity contribution is -0.154. The van der Waals surface area contributed by atoms with Gasteiger partial charge in [0.2, 0.25) is 0 Å². The number of methoxy groups -OCH3 is 2. The number of nitrogens with one attached hydrogen (secondary N) is 1. The summed E-state index contributed by atoms with van der Waals surface area (Å²) in [6, 6.07) is 5.16. The smallest absolute Gasteiger partial charge is 0.311 e. The maximum absolute atomic E-state index is 11.9. The summed E-state index contributed by atoms with van der Waals surface area (Å²) in [4.78, 5) is 23.4. The van der Waals surface area contributed by atoms with Crippen LogP contribution in [0, 0.1) is 0 Å². The SMILES string of the molecule is CCNC(=O)[C@H](C)OC(=O)Cc1ccc(OC)cc1OC. The minimum Gasteiger partial charge on any atom is -0.497 e. The Balaban J connectivity index is 2.68. The molecule has 0 saturated heterocycles. The van der Waals surface area contributed by atoms with E-state index in [2.05, 4.69) is 5.32 Å². The first kappa shape index (κ1) is 16.8. The van der Waals surface area contributed by atoms with E-state index in [0.717, 1.165) is 0 Å². The van der Waals surface area contributed by atoms with E-state index in [1.54, 1.807) is 32.2 Å². The predicted octanol–water partition coefficient (Wildman–Crippen LogP) is 1.31. The second kappa shape index (κ2) is 8.14.